The fraction of sp³-hybridized carbons (Fsp3) is 0.300. The Kier molecular flexibility index (Phi) is 4.35. The highest BCUT2D eigenvalue weighted by Crippen LogP contribution is 2.29. The number of benzene rings is 2. The van der Waals surface area contributed by atoms with Gasteiger partial charge in [-0.05, 0) is 43.2 Å². The third kappa shape index (κ3) is 3.56. The van der Waals surface area contributed by atoms with E-state index in [1.807, 2.05) is 36.4 Å². The Bertz CT molecular complexity index is 850. The van der Waals surface area contributed by atoms with E-state index in [1.54, 1.807) is 26.8 Å². The van der Waals surface area contributed by atoms with Gasteiger partial charge in [0.2, 0.25) is 0 Å². The summed E-state index contributed by atoms with van der Waals surface area (Å²) in [6, 6.07) is 12.6. The van der Waals surface area contributed by atoms with Gasteiger partial charge in [-0.2, -0.15) is 0 Å². The van der Waals surface area contributed by atoms with Crippen LogP contribution in [0.25, 0.3) is 10.8 Å². The molecule has 0 unspecified atom stereocenters. The smallest absolute Gasteiger partial charge is 0.417 e. The summed E-state index contributed by atoms with van der Waals surface area (Å²) in [5, 5.41) is 12.8. The standard InChI is InChI=1S/C20H21NO4/c1-20(2,3)25-19(24)21-16(10-11-17(21)22)18(23)15-9-8-13-6-4-5-7-14(13)12-15/h4-12,16,18,23H,1-3H3/t16-,18-/m0/s1. The lowest BCUT2D eigenvalue weighted by Gasteiger charge is -2.29. The number of hydrogen-bond acceptors (Lipinski definition) is 4. The molecule has 0 radical (unpaired) electrons. The zero-order chi connectivity index (χ0) is 18.2. The molecule has 3 rings (SSSR count). The van der Waals surface area contributed by atoms with Crippen molar-refractivity contribution in [3.8, 4) is 0 Å². The van der Waals surface area contributed by atoms with Crippen molar-refractivity contribution >= 4 is 22.8 Å². The van der Waals surface area contributed by atoms with Gasteiger partial charge < -0.3 is 9.84 Å². The second-order valence-electron chi connectivity index (χ2n) is 7.09. The minimum Gasteiger partial charge on any atom is -0.443 e. The predicted molar refractivity (Wildman–Crippen MR) is 94.9 cm³/mol. The monoisotopic (exact) mass is 339 g/mol. The van der Waals surface area contributed by atoms with Crippen molar-refractivity contribution in [3.05, 3.63) is 60.2 Å². The van der Waals surface area contributed by atoms with Crippen molar-refractivity contribution in [1.29, 1.82) is 0 Å². The number of carbonyl (C=O) groups is 2. The molecule has 1 heterocycles. The average molecular weight is 339 g/mol. The first-order chi connectivity index (χ1) is 11.8. The molecule has 0 saturated carbocycles. The fourth-order valence-corrected chi connectivity index (χ4v) is 2.85. The van der Waals surface area contributed by atoms with E-state index in [1.165, 1.54) is 12.2 Å². The largest absolute Gasteiger partial charge is 0.443 e. The molecule has 0 bridgehead atoms. The Hall–Kier alpha value is -2.66. The lowest BCUT2D eigenvalue weighted by Crippen LogP contribution is -2.45. The van der Waals surface area contributed by atoms with E-state index in [2.05, 4.69) is 0 Å². The SMILES string of the molecule is CC(C)(C)OC(=O)N1C(=O)C=C[C@H]1[C@@H](O)c1ccc2ccccc2c1. The summed E-state index contributed by atoms with van der Waals surface area (Å²) in [5.41, 5.74) is -0.0881. The second kappa shape index (κ2) is 6.33. The number of aliphatic hydroxyl groups excluding tert-OH is 1. The highest BCUT2D eigenvalue weighted by atomic mass is 16.6. The van der Waals surface area contributed by atoms with Gasteiger partial charge in [0, 0.05) is 6.08 Å². The number of amides is 2. The van der Waals surface area contributed by atoms with E-state index in [9.17, 15) is 14.7 Å². The van der Waals surface area contributed by atoms with Crippen molar-refractivity contribution in [2.75, 3.05) is 0 Å². The first kappa shape index (κ1) is 17.2. The van der Waals surface area contributed by atoms with Crippen LogP contribution >= 0.6 is 0 Å². The Balaban J connectivity index is 1.88. The van der Waals surface area contributed by atoms with Crippen LogP contribution < -0.4 is 0 Å². The van der Waals surface area contributed by atoms with Crippen molar-refractivity contribution in [3.63, 3.8) is 0 Å². The number of ether oxygens (including phenoxy) is 1. The number of hydrogen-bond donors (Lipinski definition) is 1. The lowest BCUT2D eigenvalue weighted by molar-refractivity contribution is -0.126. The summed E-state index contributed by atoms with van der Waals surface area (Å²) in [6.45, 7) is 5.19. The van der Waals surface area contributed by atoms with Gasteiger partial charge in [-0.1, -0.05) is 42.5 Å². The molecule has 25 heavy (non-hydrogen) atoms. The topological polar surface area (TPSA) is 66.8 Å². The minimum absolute atomic E-state index is 0.487. The van der Waals surface area contributed by atoms with Crippen LogP contribution in [0, 0.1) is 0 Å². The zero-order valence-electron chi connectivity index (χ0n) is 14.5. The summed E-state index contributed by atoms with van der Waals surface area (Å²) in [5.74, 6) is -0.487. The van der Waals surface area contributed by atoms with Crippen LogP contribution in [0.3, 0.4) is 0 Å². The van der Waals surface area contributed by atoms with Crippen LogP contribution in [0.15, 0.2) is 54.6 Å². The minimum atomic E-state index is -1.03. The molecule has 2 amide bonds. The Morgan fingerprint density at radius 3 is 2.52 bits per heavy atom. The van der Waals surface area contributed by atoms with Crippen LogP contribution in [-0.2, 0) is 9.53 Å². The highest BCUT2D eigenvalue weighted by Gasteiger charge is 2.39. The van der Waals surface area contributed by atoms with E-state index in [4.69, 9.17) is 4.74 Å². The van der Waals surface area contributed by atoms with Crippen LogP contribution in [0.5, 0.6) is 0 Å². The molecule has 2 atom stereocenters. The molecule has 1 aliphatic heterocycles. The molecule has 1 aliphatic rings. The summed E-state index contributed by atoms with van der Waals surface area (Å²) >= 11 is 0. The Labute approximate surface area is 146 Å². The zero-order valence-corrected chi connectivity index (χ0v) is 14.5. The van der Waals surface area contributed by atoms with Crippen LogP contribution in [0.2, 0.25) is 0 Å². The van der Waals surface area contributed by atoms with E-state index in [0.29, 0.717) is 5.56 Å². The molecule has 1 N–H and O–H groups in total. The maximum atomic E-state index is 12.4. The van der Waals surface area contributed by atoms with Gasteiger partial charge in [-0.25, -0.2) is 9.69 Å². The summed E-state index contributed by atoms with van der Waals surface area (Å²) in [6.07, 6.45) is 1.04. The van der Waals surface area contributed by atoms with Crippen LogP contribution in [0.4, 0.5) is 4.79 Å². The van der Waals surface area contributed by atoms with E-state index >= 15 is 0 Å². The van der Waals surface area contributed by atoms with Gasteiger partial charge in [0.15, 0.2) is 0 Å². The third-order valence-corrected chi connectivity index (χ3v) is 4.00. The highest BCUT2D eigenvalue weighted by molar-refractivity contribution is 6.01. The first-order valence-electron chi connectivity index (χ1n) is 8.17. The normalized spacial score (nSPS) is 18.6. The number of carbonyl (C=O) groups excluding carboxylic acids is 2. The maximum Gasteiger partial charge on any atom is 0.417 e. The van der Waals surface area contributed by atoms with Crippen LogP contribution in [0.1, 0.15) is 32.4 Å². The van der Waals surface area contributed by atoms with Gasteiger partial charge in [0.1, 0.15) is 11.7 Å². The molecular weight excluding hydrogens is 318 g/mol. The van der Waals surface area contributed by atoms with Gasteiger partial charge in [0.25, 0.3) is 5.91 Å². The van der Waals surface area contributed by atoms with Crippen LogP contribution in [-0.4, -0.2) is 33.6 Å². The van der Waals surface area contributed by atoms with Gasteiger partial charge in [-0.3, -0.25) is 4.79 Å². The third-order valence-electron chi connectivity index (χ3n) is 4.00. The average Bonchev–Trinajstić information content (AvgIpc) is 2.94. The molecule has 2 aromatic carbocycles. The molecule has 130 valence electrons. The van der Waals surface area contributed by atoms with Crippen molar-refractivity contribution < 1.29 is 19.4 Å². The van der Waals surface area contributed by atoms with E-state index in [-0.39, 0.29) is 0 Å². The molecule has 0 aromatic heterocycles. The number of aliphatic hydroxyl groups is 1. The van der Waals surface area contributed by atoms with Gasteiger partial charge >= 0.3 is 6.09 Å². The number of fused-ring (bicyclic) bond motifs is 1. The second-order valence-corrected chi connectivity index (χ2v) is 7.09. The van der Waals surface area contributed by atoms with Crippen molar-refractivity contribution in [1.82, 2.24) is 4.90 Å². The summed E-state index contributed by atoms with van der Waals surface area (Å²) in [4.78, 5) is 25.4. The number of imide groups is 1. The number of rotatable bonds is 2. The van der Waals surface area contributed by atoms with Gasteiger partial charge in [0.05, 0.1) is 6.04 Å². The van der Waals surface area contributed by atoms with E-state index < -0.39 is 29.7 Å². The van der Waals surface area contributed by atoms with Gasteiger partial charge in [-0.15, -0.1) is 0 Å². The van der Waals surface area contributed by atoms with Crippen molar-refractivity contribution in [2.24, 2.45) is 0 Å². The molecule has 5 heteroatoms. The number of nitrogens with zero attached hydrogens (tertiary/aromatic N) is 1. The first-order valence-corrected chi connectivity index (χ1v) is 8.17. The molecule has 2 aromatic rings. The molecule has 0 aliphatic carbocycles. The molecular formula is C20H21NO4. The molecule has 0 spiro atoms. The molecule has 0 saturated heterocycles. The van der Waals surface area contributed by atoms with Crippen molar-refractivity contribution in [2.45, 2.75) is 38.5 Å². The quantitative estimate of drug-likeness (QED) is 0.908. The molecule has 5 nitrogen and oxygen atoms in total. The maximum absolute atomic E-state index is 12.4. The summed E-state index contributed by atoms with van der Waals surface area (Å²) in [7, 11) is 0. The Morgan fingerprint density at radius 2 is 1.84 bits per heavy atom. The Morgan fingerprint density at radius 1 is 1.16 bits per heavy atom. The predicted octanol–water partition coefficient (Wildman–Crippen LogP) is 3.58. The van der Waals surface area contributed by atoms with E-state index in [0.717, 1.165) is 15.7 Å². The molecule has 0 fully saturated rings. The fourth-order valence-electron chi connectivity index (χ4n) is 2.85. The summed E-state index contributed by atoms with van der Waals surface area (Å²) < 4.78 is 5.29. The lowest BCUT2D eigenvalue weighted by atomic mass is 9.99.